The quantitative estimate of drug-likeness (QED) is 0.756. The fourth-order valence-electron chi connectivity index (χ4n) is 4.59. The van der Waals surface area contributed by atoms with Gasteiger partial charge in [0.1, 0.15) is 6.10 Å². The second-order valence-electron chi connectivity index (χ2n) is 8.23. The summed E-state index contributed by atoms with van der Waals surface area (Å²) in [5.74, 6) is 1.56. The van der Waals surface area contributed by atoms with Crippen LogP contribution in [0.15, 0.2) is 41.0 Å². The number of carbonyl (C=O) groups is 1. The SMILES string of the molecule is Cc1ncsc1CN1CC[C@H]2C(N3CCN(C(=O)c4ccccc4)CC3)=NO[C@@H]2C1. The zero-order valence-corrected chi connectivity index (χ0v) is 18.1. The van der Waals surface area contributed by atoms with Crippen molar-refractivity contribution in [2.24, 2.45) is 11.1 Å². The van der Waals surface area contributed by atoms with Gasteiger partial charge in [-0.15, -0.1) is 11.3 Å². The van der Waals surface area contributed by atoms with Gasteiger partial charge in [0, 0.05) is 49.7 Å². The number of amides is 1. The van der Waals surface area contributed by atoms with Crippen LogP contribution >= 0.6 is 11.3 Å². The molecule has 0 N–H and O–H groups in total. The lowest BCUT2D eigenvalue weighted by Gasteiger charge is -2.39. The molecule has 158 valence electrons. The van der Waals surface area contributed by atoms with Crippen LogP contribution in [0.3, 0.4) is 0 Å². The number of thiazole rings is 1. The highest BCUT2D eigenvalue weighted by molar-refractivity contribution is 7.09. The Hall–Kier alpha value is -2.45. The second kappa shape index (κ2) is 8.35. The summed E-state index contributed by atoms with van der Waals surface area (Å²) in [5, 5.41) is 4.48. The fourth-order valence-corrected chi connectivity index (χ4v) is 5.41. The van der Waals surface area contributed by atoms with E-state index in [4.69, 9.17) is 4.84 Å². The molecule has 2 saturated heterocycles. The lowest BCUT2D eigenvalue weighted by molar-refractivity contribution is 0.00383. The molecule has 0 bridgehead atoms. The molecular formula is C22H27N5O2S. The van der Waals surface area contributed by atoms with E-state index in [1.165, 1.54) is 4.88 Å². The van der Waals surface area contributed by atoms with Gasteiger partial charge in [0.2, 0.25) is 0 Å². The predicted octanol–water partition coefficient (Wildman–Crippen LogP) is 2.44. The molecule has 1 amide bonds. The highest BCUT2D eigenvalue weighted by Gasteiger charge is 2.42. The van der Waals surface area contributed by atoms with Crippen molar-refractivity contribution in [1.29, 1.82) is 0 Å². The van der Waals surface area contributed by atoms with E-state index < -0.39 is 0 Å². The smallest absolute Gasteiger partial charge is 0.253 e. The normalized spacial score (nSPS) is 24.4. The van der Waals surface area contributed by atoms with Gasteiger partial charge < -0.3 is 14.6 Å². The summed E-state index contributed by atoms with van der Waals surface area (Å²) in [6.45, 7) is 8.05. The third kappa shape index (κ3) is 3.81. The van der Waals surface area contributed by atoms with Crippen molar-refractivity contribution in [2.45, 2.75) is 26.0 Å². The van der Waals surface area contributed by atoms with Gasteiger partial charge in [-0.1, -0.05) is 23.4 Å². The number of fused-ring (bicyclic) bond motifs is 1. The number of piperazine rings is 1. The summed E-state index contributed by atoms with van der Waals surface area (Å²) >= 11 is 1.73. The number of benzene rings is 1. The first-order valence-corrected chi connectivity index (χ1v) is 11.5. The molecule has 3 aliphatic heterocycles. The highest BCUT2D eigenvalue weighted by atomic mass is 32.1. The number of amidine groups is 1. The van der Waals surface area contributed by atoms with Crippen molar-refractivity contribution in [3.8, 4) is 0 Å². The molecule has 4 heterocycles. The van der Waals surface area contributed by atoms with Crippen molar-refractivity contribution >= 4 is 23.1 Å². The van der Waals surface area contributed by atoms with Crippen molar-refractivity contribution in [1.82, 2.24) is 19.7 Å². The highest BCUT2D eigenvalue weighted by Crippen LogP contribution is 2.30. The molecule has 8 heteroatoms. The Balaban J connectivity index is 1.15. The first kappa shape index (κ1) is 19.5. The Kier molecular flexibility index (Phi) is 5.43. The summed E-state index contributed by atoms with van der Waals surface area (Å²) in [7, 11) is 0. The number of hydrogen-bond acceptors (Lipinski definition) is 7. The van der Waals surface area contributed by atoms with E-state index in [0.29, 0.717) is 5.92 Å². The molecule has 7 nitrogen and oxygen atoms in total. The minimum atomic E-state index is 0.115. The number of aromatic nitrogens is 1. The molecule has 1 aromatic carbocycles. The number of piperidine rings is 1. The lowest BCUT2D eigenvalue weighted by atomic mass is 9.92. The van der Waals surface area contributed by atoms with Crippen LogP contribution in [0.25, 0.3) is 0 Å². The Bertz CT molecular complexity index is 923. The largest absolute Gasteiger partial charge is 0.389 e. The molecule has 5 rings (SSSR count). The second-order valence-corrected chi connectivity index (χ2v) is 9.17. The minimum Gasteiger partial charge on any atom is -0.389 e. The Morgan fingerprint density at radius 1 is 1.17 bits per heavy atom. The Morgan fingerprint density at radius 2 is 1.97 bits per heavy atom. The van der Waals surface area contributed by atoms with Gasteiger partial charge in [0.25, 0.3) is 5.91 Å². The molecule has 1 aromatic heterocycles. The maximum Gasteiger partial charge on any atom is 0.253 e. The Labute approximate surface area is 180 Å². The van der Waals surface area contributed by atoms with Gasteiger partial charge in [-0.3, -0.25) is 9.69 Å². The van der Waals surface area contributed by atoms with Crippen molar-refractivity contribution in [3.63, 3.8) is 0 Å². The third-order valence-electron chi connectivity index (χ3n) is 6.38. The summed E-state index contributed by atoms with van der Waals surface area (Å²) in [5.41, 5.74) is 3.82. The van der Waals surface area contributed by atoms with Crippen LogP contribution in [-0.2, 0) is 11.4 Å². The van der Waals surface area contributed by atoms with Gasteiger partial charge in [0.15, 0.2) is 5.84 Å². The molecular weight excluding hydrogens is 398 g/mol. The maximum absolute atomic E-state index is 12.7. The molecule has 0 aliphatic carbocycles. The number of carbonyl (C=O) groups excluding carboxylic acids is 1. The average Bonchev–Trinajstić information content (AvgIpc) is 3.40. The molecule has 2 atom stereocenters. The van der Waals surface area contributed by atoms with E-state index in [0.717, 1.165) is 69.3 Å². The Morgan fingerprint density at radius 3 is 2.70 bits per heavy atom. The number of likely N-dealkylation sites (tertiary alicyclic amines) is 1. The molecule has 3 aliphatic rings. The monoisotopic (exact) mass is 425 g/mol. The topological polar surface area (TPSA) is 61.3 Å². The number of oxime groups is 1. The van der Waals surface area contributed by atoms with Gasteiger partial charge in [-0.05, 0) is 32.0 Å². The van der Waals surface area contributed by atoms with E-state index in [1.807, 2.05) is 40.7 Å². The van der Waals surface area contributed by atoms with Crippen LogP contribution in [0, 0.1) is 12.8 Å². The van der Waals surface area contributed by atoms with Crippen LogP contribution in [0.5, 0.6) is 0 Å². The summed E-state index contributed by atoms with van der Waals surface area (Å²) in [4.78, 5) is 31.0. The van der Waals surface area contributed by atoms with E-state index in [2.05, 4.69) is 26.9 Å². The maximum atomic E-state index is 12.7. The van der Waals surface area contributed by atoms with Crippen LogP contribution in [0.1, 0.15) is 27.3 Å². The first-order chi connectivity index (χ1) is 14.7. The average molecular weight is 426 g/mol. The van der Waals surface area contributed by atoms with E-state index in [9.17, 15) is 4.79 Å². The first-order valence-electron chi connectivity index (χ1n) is 10.6. The van der Waals surface area contributed by atoms with Gasteiger partial charge in [-0.2, -0.15) is 0 Å². The van der Waals surface area contributed by atoms with Crippen LogP contribution in [0.2, 0.25) is 0 Å². The zero-order chi connectivity index (χ0) is 20.5. The van der Waals surface area contributed by atoms with Crippen LogP contribution in [0.4, 0.5) is 0 Å². The predicted molar refractivity (Wildman–Crippen MR) is 116 cm³/mol. The standard InChI is InChI=1S/C22H27N5O2S/c1-16-20(30-15-23-16)14-25-8-7-18-19(13-25)29-24-21(18)26-9-11-27(12-10-26)22(28)17-5-3-2-4-6-17/h2-6,15,18-19H,7-14H2,1H3/t18-,19-/m1/s1. The number of hydrogen-bond donors (Lipinski definition) is 0. The summed E-state index contributed by atoms with van der Waals surface area (Å²) < 4.78 is 0. The molecule has 2 fully saturated rings. The molecule has 0 radical (unpaired) electrons. The summed E-state index contributed by atoms with van der Waals surface area (Å²) in [6, 6.07) is 9.53. The lowest BCUT2D eigenvalue weighted by Crippen LogP contribution is -2.53. The number of aryl methyl sites for hydroxylation is 1. The third-order valence-corrected chi connectivity index (χ3v) is 7.30. The molecule has 0 saturated carbocycles. The summed E-state index contributed by atoms with van der Waals surface area (Å²) in [6.07, 6.45) is 1.19. The molecule has 0 spiro atoms. The zero-order valence-electron chi connectivity index (χ0n) is 17.2. The minimum absolute atomic E-state index is 0.115. The number of nitrogens with zero attached hydrogens (tertiary/aromatic N) is 5. The van der Waals surface area contributed by atoms with Crippen LogP contribution in [-0.4, -0.2) is 76.8 Å². The molecule has 30 heavy (non-hydrogen) atoms. The van der Waals surface area contributed by atoms with E-state index in [-0.39, 0.29) is 12.0 Å². The van der Waals surface area contributed by atoms with Crippen LogP contribution < -0.4 is 0 Å². The number of rotatable bonds is 3. The fraction of sp³-hybridized carbons (Fsp3) is 0.500. The van der Waals surface area contributed by atoms with Gasteiger partial charge in [0.05, 0.1) is 17.1 Å². The molecule has 0 unspecified atom stereocenters. The van der Waals surface area contributed by atoms with Gasteiger partial charge >= 0.3 is 0 Å². The van der Waals surface area contributed by atoms with E-state index in [1.54, 1.807) is 11.3 Å². The molecule has 2 aromatic rings. The van der Waals surface area contributed by atoms with Crippen molar-refractivity contribution < 1.29 is 9.63 Å². The van der Waals surface area contributed by atoms with E-state index >= 15 is 0 Å². The van der Waals surface area contributed by atoms with Crippen molar-refractivity contribution in [3.05, 3.63) is 52.0 Å². The van der Waals surface area contributed by atoms with Crippen molar-refractivity contribution in [2.75, 3.05) is 39.3 Å². The van der Waals surface area contributed by atoms with Gasteiger partial charge in [-0.25, -0.2) is 4.98 Å².